The molecule has 1 aromatic rings. The summed E-state index contributed by atoms with van der Waals surface area (Å²) in [4.78, 5) is 37.4. The Morgan fingerprint density at radius 3 is 2.50 bits per heavy atom. The van der Waals surface area contributed by atoms with E-state index in [0.717, 1.165) is 24.8 Å². The van der Waals surface area contributed by atoms with Crippen LogP contribution in [-0.2, 0) is 9.59 Å². The van der Waals surface area contributed by atoms with E-state index in [1.165, 1.54) is 4.90 Å². The minimum absolute atomic E-state index is 0.190. The fraction of sp³-hybridized carbons (Fsp3) is 0.500. The zero-order valence-corrected chi connectivity index (χ0v) is 14.1. The molecule has 0 bridgehead atoms. The van der Waals surface area contributed by atoms with Crippen molar-refractivity contribution in [2.24, 2.45) is 5.92 Å². The summed E-state index contributed by atoms with van der Waals surface area (Å²) >= 11 is 0. The Bertz CT molecular complexity index is 670. The zero-order valence-electron chi connectivity index (χ0n) is 14.1. The van der Waals surface area contributed by atoms with Gasteiger partial charge in [0.05, 0.1) is 5.69 Å². The Kier molecular flexibility index (Phi) is 4.55. The van der Waals surface area contributed by atoms with Crippen molar-refractivity contribution in [1.82, 2.24) is 5.32 Å². The summed E-state index contributed by atoms with van der Waals surface area (Å²) in [5, 5.41) is 5.87. The molecular formula is C18H23N3O3. The van der Waals surface area contributed by atoms with Crippen LogP contribution in [0.5, 0.6) is 0 Å². The molecule has 0 aromatic heterocycles. The first kappa shape index (κ1) is 16.5. The zero-order chi connectivity index (χ0) is 17.3. The van der Waals surface area contributed by atoms with Gasteiger partial charge in [0.2, 0.25) is 11.8 Å². The molecule has 1 aliphatic carbocycles. The van der Waals surface area contributed by atoms with E-state index >= 15 is 0 Å². The minimum atomic E-state index is -0.243. The van der Waals surface area contributed by atoms with Gasteiger partial charge in [0.15, 0.2) is 0 Å². The first-order valence-corrected chi connectivity index (χ1v) is 8.50. The number of nitrogens with zero attached hydrogens (tertiary/aromatic N) is 1. The van der Waals surface area contributed by atoms with Crippen LogP contribution in [0, 0.1) is 12.8 Å². The number of benzene rings is 1. The van der Waals surface area contributed by atoms with Gasteiger partial charge in [0.25, 0.3) is 0 Å². The molecule has 128 valence electrons. The molecule has 1 saturated carbocycles. The van der Waals surface area contributed by atoms with Crippen molar-refractivity contribution >= 4 is 29.2 Å². The molecule has 0 radical (unpaired) electrons. The summed E-state index contributed by atoms with van der Waals surface area (Å²) in [5.41, 5.74) is 1.88. The fourth-order valence-corrected chi connectivity index (χ4v) is 3.53. The Labute approximate surface area is 141 Å². The highest BCUT2D eigenvalue weighted by Gasteiger charge is 2.32. The van der Waals surface area contributed by atoms with Crippen LogP contribution in [0.1, 0.15) is 44.6 Å². The van der Waals surface area contributed by atoms with E-state index in [1.807, 2.05) is 6.92 Å². The van der Waals surface area contributed by atoms with Gasteiger partial charge in [-0.2, -0.15) is 0 Å². The van der Waals surface area contributed by atoms with Gasteiger partial charge < -0.3 is 10.6 Å². The normalized spacial score (nSPS) is 23.7. The highest BCUT2D eigenvalue weighted by Crippen LogP contribution is 2.31. The van der Waals surface area contributed by atoms with Crippen molar-refractivity contribution in [2.45, 2.75) is 52.0 Å². The average molecular weight is 329 g/mol. The summed E-state index contributed by atoms with van der Waals surface area (Å²) in [7, 11) is 0. The Balaban J connectivity index is 1.74. The second-order valence-corrected chi connectivity index (χ2v) is 6.69. The maximum atomic E-state index is 12.3. The summed E-state index contributed by atoms with van der Waals surface area (Å²) in [6.45, 7) is 3.95. The van der Waals surface area contributed by atoms with Crippen LogP contribution in [0.15, 0.2) is 18.2 Å². The van der Waals surface area contributed by atoms with E-state index in [-0.39, 0.29) is 36.7 Å². The van der Waals surface area contributed by atoms with E-state index in [4.69, 9.17) is 0 Å². The lowest BCUT2D eigenvalue weighted by Gasteiger charge is -2.21. The standard InChI is InChI=1S/C18H23N3O3/c1-11-5-3-6-13(11)19-18(24)20-14-7-4-8-15(12(14)2)21-16(22)9-10-17(21)23/h4,7-8,11,13H,3,5-6,9-10H2,1-2H3,(H2,19,20,24). The Morgan fingerprint density at radius 2 is 1.88 bits per heavy atom. The second kappa shape index (κ2) is 6.63. The lowest BCUT2D eigenvalue weighted by molar-refractivity contribution is -0.121. The molecule has 1 aliphatic heterocycles. The topological polar surface area (TPSA) is 78.5 Å². The maximum Gasteiger partial charge on any atom is 0.319 e. The van der Waals surface area contributed by atoms with Gasteiger partial charge in [0, 0.05) is 24.6 Å². The van der Waals surface area contributed by atoms with Crippen LogP contribution < -0.4 is 15.5 Å². The van der Waals surface area contributed by atoms with Crippen molar-refractivity contribution < 1.29 is 14.4 Å². The summed E-state index contributed by atoms with van der Waals surface area (Å²) < 4.78 is 0. The van der Waals surface area contributed by atoms with Crippen molar-refractivity contribution in [2.75, 3.05) is 10.2 Å². The number of urea groups is 1. The fourth-order valence-electron chi connectivity index (χ4n) is 3.53. The molecular weight excluding hydrogens is 306 g/mol. The van der Waals surface area contributed by atoms with E-state index in [9.17, 15) is 14.4 Å². The van der Waals surface area contributed by atoms with Gasteiger partial charge in [-0.3, -0.25) is 14.5 Å². The molecule has 4 amide bonds. The third-order valence-electron chi connectivity index (χ3n) is 5.02. The molecule has 1 aromatic carbocycles. The number of carbonyl (C=O) groups is 3. The molecule has 6 heteroatoms. The summed E-state index contributed by atoms with van der Waals surface area (Å²) in [6.07, 6.45) is 3.77. The SMILES string of the molecule is Cc1c(NC(=O)NC2CCCC2C)cccc1N1C(=O)CCC1=O. The maximum absolute atomic E-state index is 12.3. The molecule has 2 unspecified atom stereocenters. The Morgan fingerprint density at radius 1 is 1.17 bits per heavy atom. The molecule has 0 spiro atoms. The van der Waals surface area contributed by atoms with Crippen molar-refractivity contribution in [3.63, 3.8) is 0 Å². The number of rotatable bonds is 3. The van der Waals surface area contributed by atoms with Gasteiger partial charge in [-0.15, -0.1) is 0 Å². The van der Waals surface area contributed by atoms with Gasteiger partial charge >= 0.3 is 6.03 Å². The smallest absolute Gasteiger partial charge is 0.319 e. The van der Waals surface area contributed by atoms with E-state index in [1.54, 1.807) is 18.2 Å². The van der Waals surface area contributed by atoms with Crippen molar-refractivity contribution in [1.29, 1.82) is 0 Å². The summed E-state index contributed by atoms with van der Waals surface area (Å²) in [6, 6.07) is 5.22. The molecule has 2 fully saturated rings. The highest BCUT2D eigenvalue weighted by molar-refractivity contribution is 6.20. The van der Waals surface area contributed by atoms with E-state index < -0.39 is 0 Å². The molecule has 2 atom stereocenters. The first-order chi connectivity index (χ1) is 11.5. The number of amides is 4. The molecule has 6 nitrogen and oxygen atoms in total. The highest BCUT2D eigenvalue weighted by atomic mass is 16.2. The third kappa shape index (κ3) is 3.13. The van der Waals surface area contributed by atoms with Crippen LogP contribution in [0.3, 0.4) is 0 Å². The van der Waals surface area contributed by atoms with Gasteiger partial charge in [0.1, 0.15) is 0 Å². The van der Waals surface area contributed by atoms with Crippen LogP contribution >= 0.6 is 0 Å². The lowest BCUT2D eigenvalue weighted by atomic mass is 10.1. The van der Waals surface area contributed by atoms with Gasteiger partial charge in [-0.25, -0.2) is 4.79 Å². The van der Waals surface area contributed by atoms with Crippen LogP contribution in [0.2, 0.25) is 0 Å². The number of hydrogen-bond acceptors (Lipinski definition) is 3. The molecule has 3 rings (SSSR count). The predicted octanol–water partition coefficient (Wildman–Crippen LogP) is 2.96. The number of anilines is 2. The van der Waals surface area contributed by atoms with Crippen LogP contribution in [0.4, 0.5) is 16.2 Å². The monoisotopic (exact) mass is 329 g/mol. The summed E-state index contributed by atoms with van der Waals surface area (Å²) in [5.74, 6) is 0.108. The lowest BCUT2D eigenvalue weighted by Crippen LogP contribution is -2.39. The number of imide groups is 1. The quantitative estimate of drug-likeness (QED) is 0.837. The second-order valence-electron chi connectivity index (χ2n) is 6.69. The third-order valence-corrected chi connectivity index (χ3v) is 5.02. The largest absolute Gasteiger partial charge is 0.335 e. The molecule has 2 aliphatic rings. The minimum Gasteiger partial charge on any atom is -0.335 e. The van der Waals surface area contributed by atoms with Crippen molar-refractivity contribution in [3.8, 4) is 0 Å². The molecule has 2 N–H and O–H groups in total. The predicted molar refractivity (Wildman–Crippen MR) is 91.9 cm³/mol. The van der Waals surface area contributed by atoms with Crippen LogP contribution in [-0.4, -0.2) is 23.9 Å². The number of nitrogens with one attached hydrogen (secondary N) is 2. The van der Waals surface area contributed by atoms with Gasteiger partial charge in [-0.05, 0) is 43.4 Å². The molecule has 1 heterocycles. The number of hydrogen-bond donors (Lipinski definition) is 2. The Hall–Kier alpha value is -2.37. The molecule has 24 heavy (non-hydrogen) atoms. The number of carbonyl (C=O) groups excluding carboxylic acids is 3. The first-order valence-electron chi connectivity index (χ1n) is 8.50. The average Bonchev–Trinajstić information content (AvgIpc) is 3.08. The van der Waals surface area contributed by atoms with E-state index in [2.05, 4.69) is 17.6 Å². The van der Waals surface area contributed by atoms with Crippen molar-refractivity contribution in [3.05, 3.63) is 23.8 Å². The van der Waals surface area contributed by atoms with E-state index in [0.29, 0.717) is 17.3 Å². The van der Waals surface area contributed by atoms with Crippen LogP contribution in [0.25, 0.3) is 0 Å². The van der Waals surface area contributed by atoms with Gasteiger partial charge in [-0.1, -0.05) is 19.4 Å². The molecule has 1 saturated heterocycles.